The first-order valence-electron chi connectivity index (χ1n) is 7.87. The molecule has 2 N–H and O–H groups in total. The van der Waals surface area contributed by atoms with E-state index < -0.39 is 12.1 Å². The molecule has 0 aromatic rings. The molecule has 0 aliphatic heterocycles. The molecule has 0 radical (unpaired) electrons. The number of carbonyl (C=O) groups is 2. The summed E-state index contributed by atoms with van der Waals surface area (Å²) < 4.78 is 5.26. The van der Waals surface area contributed by atoms with Gasteiger partial charge in [-0.25, -0.2) is 0 Å². The van der Waals surface area contributed by atoms with Crippen molar-refractivity contribution in [3.05, 3.63) is 0 Å². The lowest BCUT2D eigenvalue weighted by molar-refractivity contribution is -0.140. The van der Waals surface area contributed by atoms with Gasteiger partial charge in [-0.05, 0) is 45.4 Å². The van der Waals surface area contributed by atoms with Crippen molar-refractivity contribution >= 4 is 11.9 Å². The third-order valence-electron chi connectivity index (χ3n) is 4.29. The monoisotopic (exact) mass is 298 g/mol. The molecule has 0 aromatic heterocycles. The van der Waals surface area contributed by atoms with Crippen LogP contribution >= 0.6 is 0 Å². The maximum atomic E-state index is 11.8. The molecule has 2 rings (SSSR count). The largest absolute Gasteiger partial charge is 0.480 e. The van der Waals surface area contributed by atoms with E-state index in [0.29, 0.717) is 12.5 Å². The third-order valence-corrected chi connectivity index (χ3v) is 4.29. The Morgan fingerprint density at radius 2 is 2.05 bits per heavy atom. The van der Waals surface area contributed by atoms with E-state index in [0.717, 1.165) is 19.4 Å². The Morgan fingerprint density at radius 1 is 1.38 bits per heavy atom. The predicted molar refractivity (Wildman–Crippen MR) is 78.0 cm³/mol. The molecule has 0 spiro atoms. The maximum Gasteiger partial charge on any atom is 0.317 e. The SMILES string of the molecule is CCOC(C)C(=O)NC1CC(N(CC(=O)O)CC2CC2)C1. The Bertz CT molecular complexity index is 378. The number of hydrogen-bond acceptors (Lipinski definition) is 4. The predicted octanol–water partition coefficient (Wildman–Crippen LogP) is 0.855. The van der Waals surface area contributed by atoms with Crippen LogP contribution in [-0.4, -0.2) is 59.8 Å². The van der Waals surface area contributed by atoms with Crippen LogP contribution in [0.25, 0.3) is 0 Å². The first-order chi connectivity index (χ1) is 9.99. The number of aliphatic carboxylic acids is 1. The summed E-state index contributed by atoms with van der Waals surface area (Å²) in [5, 5.41) is 12.0. The van der Waals surface area contributed by atoms with Crippen molar-refractivity contribution in [2.75, 3.05) is 19.7 Å². The molecule has 2 saturated carbocycles. The van der Waals surface area contributed by atoms with E-state index in [4.69, 9.17) is 9.84 Å². The van der Waals surface area contributed by atoms with Crippen LogP contribution in [-0.2, 0) is 14.3 Å². The van der Waals surface area contributed by atoms with Gasteiger partial charge in [0.25, 0.3) is 0 Å². The second-order valence-corrected chi connectivity index (χ2v) is 6.19. The summed E-state index contributed by atoms with van der Waals surface area (Å²) >= 11 is 0. The normalized spacial score (nSPS) is 26.2. The first kappa shape index (κ1) is 16.2. The zero-order valence-electron chi connectivity index (χ0n) is 12.9. The molecule has 2 aliphatic carbocycles. The highest BCUT2D eigenvalue weighted by Crippen LogP contribution is 2.33. The van der Waals surface area contributed by atoms with Crippen molar-refractivity contribution < 1.29 is 19.4 Å². The highest BCUT2D eigenvalue weighted by molar-refractivity contribution is 5.80. The Hall–Kier alpha value is -1.14. The van der Waals surface area contributed by atoms with Crippen molar-refractivity contribution in [2.45, 2.75) is 57.7 Å². The van der Waals surface area contributed by atoms with Crippen LogP contribution in [0.3, 0.4) is 0 Å². The van der Waals surface area contributed by atoms with Crippen molar-refractivity contribution in [3.8, 4) is 0 Å². The number of nitrogens with one attached hydrogen (secondary N) is 1. The van der Waals surface area contributed by atoms with E-state index in [1.54, 1.807) is 6.92 Å². The lowest BCUT2D eigenvalue weighted by Gasteiger charge is -2.43. The molecule has 6 heteroatoms. The molecule has 1 unspecified atom stereocenters. The number of hydrogen-bond donors (Lipinski definition) is 2. The molecule has 21 heavy (non-hydrogen) atoms. The zero-order valence-corrected chi connectivity index (χ0v) is 12.9. The van der Waals surface area contributed by atoms with Crippen LogP contribution in [0.1, 0.15) is 39.5 Å². The van der Waals surface area contributed by atoms with Gasteiger partial charge in [0.15, 0.2) is 0 Å². The molecule has 0 bridgehead atoms. The smallest absolute Gasteiger partial charge is 0.317 e. The van der Waals surface area contributed by atoms with Gasteiger partial charge in [-0.2, -0.15) is 0 Å². The summed E-state index contributed by atoms with van der Waals surface area (Å²) in [6.07, 6.45) is 3.69. The quantitative estimate of drug-likeness (QED) is 0.660. The van der Waals surface area contributed by atoms with E-state index in [1.165, 1.54) is 12.8 Å². The minimum Gasteiger partial charge on any atom is -0.480 e. The zero-order chi connectivity index (χ0) is 15.4. The van der Waals surface area contributed by atoms with E-state index in [-0.39, 0.29) is 24.5 Å². The van der Waals surface area contributed by atoms with Crippen LogP contribution in [0.4, 0.5) is 0 Å². The fourth-order valence-electron chi connectivity index (χ4n) is 2.80. The third kappa shape index (κ3) is 4.97. The fourth-order valence-corrected chi connectivity index (χ4v) is 2.80. The van der Waals surface area contributed by atoms with Gasteiger partial charge in [0.05, 0.1) is 6.54 Å². The summed E-state index contributed by atoms with van der Waals surface area (Å²) in [6.45, 7) is 5.13. The number of ether oxygens (including phenoxy) is 1. The number of carbonyl (C=O) groups excluding carboxylic acids is 1. The molecule has 0 saturated heterocycles. The maximum absolute atomic E-state index is 11.8. The van der Waals surface area contributed by atoms with Crippen molar-refractivity contribution in [3.63, 3.8) is 0 Å². The minimum atomic E-state index is -0.770. The summed E-state index contributed by atoms with van der Waals surface area (Å²) in [4.78, 5) is 24.8. The standard InChI is InChI=1S/C15H26N2O4/c1-3-21-10(2)15(20)16-12-6-13(7-12)17(9-14(18)19)8-11-4-5-11/h10-13H,3-9H2,1-2H3,(H,16,20)(H,18,19). The van der Waals surface area contributed by atoms with E-state index in [9.17, 15) is 9.59 Å². The van der Waals surface area contributed by atoms with Gasteiger partial charge in [-0.15, -0.1) is 0 Å². The number of rotatable bonds is 9. The van der Waals surface area contributed by atoms with Crippen LogP contribution in [0.2, 0.25) is 0 Å². The molecule has 2 aliphatic rings. The lowest BCUT2D eigenvalue weighted by atomic mass is 9.85. The van der Waals surface area contributed by atoms with Crippen molar-refractivity contribution in [2.24, 2.45) is 5.92 Å². The van der Waals surface area contributed by atoms with Gasteiger partial charge in [0, 0.05) is 25.2 Å². The number of carboxylic acid groups (broad SMARTS) is 1. The highest BCUT2D eigenvalue weighted by Gasteiger charge is 2.38. The molecule has 120 valence electrons. The van der Waals surface area contributed by atoms with Crippen molar-refractivity contribution in [1.29, 1.82) is 0 Å². The summed E-state index contributed by atoms with van der Waals surface area (Å²) in [6, 6.07) is 0.440. The van der Waals surface area contributed by atoms with Gasteiger partial charge >= 0.3 is 5.97 Å². The molecular formula is C15H26N2O4. The van der Waals surface area contributed by atoms with Gasteiger partial charge in [0.2, 0.25) is 5.91 Å². The second-order valence-electron chi connectivity index (χ2n) is 6.19. The Kier molecular flexibility index (Phi) is 5.58. The average Bonchev–Trinajstić information content (AvgIpc) is 3.15. The van der Waals surface area contributed by atoms with Crippen LogP contribution < -0.4 is 5.32 Å². The van der Waals surface area contributed by atoms with Crippen LogP contribution in [0, 0.1) is 5.92 Å². The van der Waals surface area contributed by atoms with Gasteiger partial charge in [-0.3, -0.25) is 14.5 Å². The summed E-state index contributed by atoms with van der Waals surface area (Å²) in [7, 11) is 0. The topological polar surface area (TPSA) is 78.9 Å². The minimum absolute atomic E-state index is 0.0766. The lowest BCUT2D eigenvalue weighted by Crippen LogP contribution is -2.56. The van der Waals surface area contributed by atoms with E-state index >= 15 is 0 Å². The Labute approximate surface area is 125 Å². The average molecular weight is 298 g/mol. The second kappa shape index (κ2) is 7.22. The molecule has 1 atom stereocenters. The Morgan fingerprint density at radius 3 is 2.57 bits per heavy atom. The summed E-state index contributed by atoms with van der Waals surface area (Å²) in [5.41, 5.74) is 0. The van der Waals surface area contributed by atoms with E-state index in [1.807, 2.05) is 6.92 Å². The van der Waals surface area contributed by atoms with Crippen LogP contribution in [0.5, 0.6) is 0 Å². The van der Waals surface area contributed by atoms with Gasteiger partial charge in [-0.1, -0.05) is 0 Å². The molecular weight excluding hydrogens is 272 g/mol. The number of amides is 1. The molecule has 0 aromatic carbocycles. The first-order valence-corrected chi connectivity index (χ1v) is 7.87. The van der Waals surface area contributed by atoms with Gasteiger partial charge in [0.1, 0.15) is 6.10 Å². The molecule has 2 fully saturated rings. The van der Waals surface area contributed by atoms with Crippen molar-refractivity contribution in [1.82, 2.24) is 10.2 Å². The van der Waals surface area contributed by atoms with E-state index in [2.05, 4.69) is 10.2 Å². The molecule has 1 amide bonds. The summed E-state index contributed by atoms with van der Waals surface area (Å²) in [5.74, 6) is -0.170. The fraction of sp³-hybridized carbons (Fsp3) is 0.867. The number of carboxylic acids is 1. The highest BCUT2D eigenvalue weighted by atomic mass is 16.5. The van der Waals surface area contributed by atoms with Gasteiger partial charge < -0.3 is 15.2 Å². The molecule has 6 nitrogen and oxygen atoms in total. The van der Waals surface area contributed by atoms with Crippen LogP contribution in [0.15, 0.2) is 0 Å². The number of nitrogens with zero attached hydrogens (tertiary/aromatic N) is 1. The Balaban J connectivity index is 1.72. The molecule has 0 heterocycles.